The average molecular weight is 421 g/mol. The minimum absolute atomic E-state index is 0.0462. The summed E-state index contributed by atoms with van der Waals surface area (Å²) >= 11 is 0. The third-order valence-corrected chi connectivity index (χ3v) is 6.83. The van der Waals surface area contributed by atoms with Crippen LogP contribution in [0.15, 0.2) is 77.8 Å². The number of nitrogens with zero attached hydrogens (tertiary/aromatic N) is 3. The quantitative estimate of drug-likeness (QED) is 0.571. The maximum Gasteiger partial charge on any atom is 0.280 e. The Hall–Kier alpha value is -3.52. The summed E-state index contributed by atoms with van der Waals surface area (Å²) in [5.74, 6) is -0.852. The first-order valence-electron chi connectivity index (χ1n) is 9.41. The van der Waals surface area contributed by atoms with Crippen LogP contribution in [0.3, 0.4) is 0 Å². The summed E-state index contributed by atoms with van der Waals surface area (Å²) in [6.45, 7) is 2.11. The maximum absolute atomic E-state index is 13.1. The van der Waals surface area contributed by atoms with E-state index in [2.05, 4.69) is 4.98 Å². The Kier molecular flexibility index (Phi) is 5.09. The zero-order chi connectivity index (χ0) is 21.3. The maximum atomic E-state index is 13.1. The summed E-state index contributed by atoms with van der Waals surface area (Å²) in [4.78, 5) is 30.2. The van der Waals surface area contributed by atoms with Crippen LogP contribution in [0.2, 0.25) is 0 Å². The number of hydrogen-bond donors (Lipinski definition) is 0. The zero-order valence-electron chi connectivity index (χ0n) is 16.2. The predicted octanol–water partition coefficient (Wildman–Crippen LogP) is 3.09. The van der Waals surface area contributed by atoms with Crippen LogP contribution in [0.25, 0.3) is 0 Å². The van der Waals surface area contributed by atoms with Gasteiger partial charge in [0.15, 0.2) is 0 Å². The number of sulfonamides is 1. The molecular weight excluding hydrogens is 402 g/mol. The summed E-state index contributed by atoms with van der Waals surface area (Å²) in [6, 6.07) is 18.3. The van der Waals surface area contributed by atoms with Gasteiger partial charge in [-0.25, -0.2) is 8.42 Å². The molecule has 8 heteroatoms. The Labute approximate surface area is 174 Å². The highest BCUT2D eigenvalue weighted by Crippen LogP contribution is 2.25. The second kappa shape index (κ2) is 7.72. The van der Waals surface area contributed by atoms with Crippen LogP contribution in [0.5, 0.6) is 0 Å². The second-order valence-corrected chi connectivity index (χ2v) is 8.61. The van der Waals surface area contributed by atoms with Crippen molar-refractivity contribution in [1.29, 1.82) is 0 Å². The molecule has 0 spiro atoms. The number of para-hydroxylation sites is 1. The van der Waals surface area contributed by atoms with Crippen molar-refractivity contribution in [3.05, 3.63) is 89.7 Å². The van der Waals surface area contributed by atoms with Gasteiger partial charge in [-0.3, -0.25) is 23.8 Å². The van der Waals surface area contributed by atoms with E-state index in [4.69, 9.17) is 0 Å². The molecule has 0 saturated heterocycles. The summed E-state index contributed by atoms with van der Waals surface area (Å²) < 4.78 is 27.5. The van der Waals surface area contributed by atoms with Crippen molar-refractivity contribution >= 4 is 27.5 Å². The lowest BCUT2D eigenvalue weighted by atomic mass is 10.2. The highest BCUT2D eigenvalue weighted by Gasteiger charge is 2.36. The molecule has 1 aliphatic rings. The highest BCUT2D eigenvalue weighted by atomic mass is 32.2. The molecule has 3 aromatic rings. The van der Waals surface area contributed by atoms with Gasteiger partial charge in [0.1, 0.15) is 5.69 Å². The highest BCUT2D eigenvalue weighted by molar-refractivity contribution is 7.92. The minimum Gasteiger partial charge on any atom is -0.268 e. The van der Waals surface area contributed by atoms with Gasteiger partial charge in [-0.1, -0.05) is 30.3 Å². The minimum atomic E-state index is -3.74. The van der Waals surface area contributed by atoms with Crippen molar-refractivity contribution in [2.75, 3.05) is 10.8 Å². The van der Waals surface area contributed by atoms with Crippen LogP contribution in [-0.4, -0.2) is 36.7 Å². The van der Waals surface area contributed by atoms with E-state index < -0.39 is 21.8 Å². The molecule has 0 saturated carbocycles. The third kappa shape index (κ3) is 3.35. The lowest BCUT2D eigenvalue weighted by Gasteiger charge is -2.23. The molecule has 0 N–H and O–H groups in total. The van der Waals surface area contributed by atoms with E-state index in [-0.39, 0.29) is 29.2 Å². The smallest absolute Gasteiger partial charge is 0.268 e. The summed E-state index contributed by atoms with van der Waals surface area (Å²) in [5, 5.41) is 0. The van der Waals surface area contributed by atoms with E-state index in [0.717, 1.165) is 4.90 Å². The number of benzene rings is 2. The Bertz CT molecular complexity index is 1170. The summed E-state index contributed by atoms with van der Waals surface area (Å²) in [5.41, 5.74) is 1.65. The molecule has 0 radical (unpaired) electrons. The first-order valence-corrected chi connectivity index (χ1v) is 10.9. The van der Waals surface area contributed by atoms with Gasteiger partial charge in [-0.2, -0.15) is 0 Å². The molecule has 0 unspecified atom stereocenters. The van der Waals surface area contributed by atoms with Crippen LogP contribution >= 0.6 is 0 Å². The van der Waals surface area contributed by atoms with Crippen LogP contribution in [0.1, 0.15) is 33.3 Å². The predicted molar refractivity (Wildman–Crippen MR) is 112 cm³/mol. The molecule has 0 bridgehead atoms. The molecule has 1 aliphatic heterocycles. The fraction of sp³-hybridized carbons (Fsp3) is 0.136. The number of carbonyl (C=O) groups excluding carboxylic acids is 2. The van der Waals surface area contributed by atoms with Crippen molar-refractivity contribution in [2.24, 2.45) is 0 Å². The molecule has 2 aromatic carbocycles. The average Bonchev–Trinajstić information content (AvgIpc) is 3.00. The molecular formula is C22H19N3O4S. The van der Waals surface area contributed by atoms with Gasteiger partial charge in [0, 0.05) is 12.7 Å². The topological polar surface area (TPSA) is 87.7 Å². The first-order chi connectivity index (χ1) is 14.4. The van der Waals surface area contributed by atoms with Gasteiger partial charge in [-0.15, -0.1) is 0 Å². The normalized spacial score (nSPS) is 13.4. The van der Waals surface area contributed by atoms with Crippen molar-refractivity contribution in [1.82, 2.24) is 9.88 Å². The lowest BCUT2D eigenvalue weighted by Crippen LogP contribution is -2.31. The van der Waals surface area contributed by atoms with E-state index in [9.17, 15) is 18.0 Å². The van der Waals surface area contributed by atoms with Gasteiger partial charge in [0.05, 0.1) is 22.7 Å². The summed E-state index contributed by atoms with van der Waals surface area (Å²) in [7, 11) is -3.74. The Morgan fingerprint density at radius 1 is 0.900 bits per heavy atom. The fourth-order valence-electron chi connectivity index (χ4n) is 3.42. The fourth-order valence-corrected chi connectivity index (χ4v) is 4.89. The number of anilines is 1. The molecule has 0 fully saturated rings. The Balaban J connectivity index is 1.56. The third-order valence-electron chi connectivity index (χ3n) is 4.91. The molecule has 30 heavy (non-hydrogen) atoms. The van der Waals surface area contributed by atoms with Crippen LogP contribution in [-0.2, 0) is 16.6 Å². The number of pyridine rings is 1. The number of amides is 2. The Morgan fingerprint density at radius 3 is 2.23 bits per heavy atom. The lowest BCUT2D eigenvalue weighted by molar-refractivity contribution is 0.0640. The molecule has 2 heterocycles. The van der Waals surface area contributed by atoms with E-state index in [1.807, 2.05) is 6.07 Å². The van der Waals surface area contributed by atoms with Crippen molar-refractivity contribution in [3.63, 3.8) is 0 Å². The number of hydrogen-bond acceptors (Lipinski definition) is 5. The summed E-state index contributed by atoms with van der Waals surface area (Å²) in [6.07, 6.45) is 1.47. The number of aromatic nitrogens is 1. The van der Waals surface area contributed by atoms with E-state index in [1.54, 1.807) is 55.5 Å². The number of fused-ring (bicyclic) bond motifs is 1. The monoisotopic (exact) mass is 421 g/mol. The van der Waals surface area contributed by atoms with Gasteiger partial charge >= 0.3 is 0 Å². The molecule has 0 aliphatic carbocycles. The first kappa shape index (κ1) is 19.8. The van der Waals surface area contributed by atoms with Gasteiger partial charge in [-0.05, 0) is 48.9 Å². The van der Waals surface area contributed by atoms with Crippen molar-refractivity contribution < 1.29 is 18.0 Å². The van der Waals surface area contributed by atoms with E-state index in [0.29, 0.717) is 11.3 Å². The number of imide groups is 1. The largest absolute Gasteiger partial charge is 0.280 e. The number of carbonyl (C=O) groups is 2. The van der Waals surface area contributed by atoms with Gasteiger partial charge in [0.25, 0.3) is 21.8 Å². The van der Waals surface area contributed by atoms with Crippen molar-refractivity contribution in [3.8, 4) is 0 Å². The van der Waals surface area contributed by atoms with Gasteiger partial charge in [0.2, 0.25) is 0 Å². The standard InChI is InChI=1S/C22H19N3O4S/c1-2-25(17-7-4-3-5-8-17)30(28,29)18-12-10-16(11-13-18)15-24-21(26)19-9-6-14-23-20(19)22(24)27/h3-14H,2,15H2,1H3. The van der Waals surface area contributed by atoms with Crippen LogP contribution in [0.4, 0.5) is 5.69 Å². The molecule has 0 atom stereocenters. The van der Waals surface area contributed by atoms with Crippen LogP contribution < -0.4 is 4.31 Å². The number of rotatable bonds is 6. The van der Waals surface area contributed by atoms with E-state index >= 15 is 0 Å². The molecule has 1 aromatic heterocycles. The Morgan fingerprint density at radius 2 is 1.60 bits per heavy atom. The molecule has 7 nitrogen and oxygen atoms in total. The molecule has 4 rings (SSSR count). The van der Waals surface area contributed by atoms with Crippen molar-refractivity contribution in [2.45, 2.75) is 18.4 Å². The van der Waals surface area contributed by atoms with E-state index in [1.165, 1.54) is 22.6 Å². The SMILES string of the molecule is CCN(c1ccccc1)S(=O)(=O)c1ccc(CN2C(=O)c3cccnc3C2=O)cc1. The second-order valence-electron chi connectivity index (χ2n) is 6.75. The van der Waals surface area contributed by atoms with Crippen LogP contribution in [0, 0.1) is 0 Å². The van der Waals surface area contributed by atoms with Gasteiger partial charge < -0.3 is 0 Å². The molecule has 152 valence electrons. The zero-order valence-corrected chi connectivity index (χ0v) is 17.0. The molecule has 2 amide bonds.